The van der Waals surface area contributed by atoms with Gasteiger partial charge >= 0.3 is 0 Å². The minimum absolute atomic E-state index is 0.462. The Balaban J connectivity index is 2.22. The minimum atomic E-state index is 0.462. The van der Waals surface area contributed by atoms with Crippen molar-refractivity contribution >= 4 is 34.8 Å². The van der Waals surface area contributed by atoms with Crippen molar-refractivity contribution in [1.29, 1.82) is 0 Å². The second kappa shape index (κ2) is 5.09. The Morgan fingerprint density at radius 2 is 2.06 bits per heavy atom. The van der Waals surface area contributed by atoms with Gasteiger partial charge in [-0.05, 0) is 23.8 Å². The van der Waals surface area contributed by atoms with E-state index in [1.165, 1.54) is 0 Å². The average Bonchev–Trinajstić information content (AvgIpc) is 2.71. The Kier molecular flexibility index (Phi) is 3.74. The highest BCUT2D eigenvalue weighted by Gasteiger charge is 2.04. The zero-order valence-electron chi connectivity index (χ0n) is 8.33. The summed E-state index contributed by atoms with van der Waals surface area (Å²) in [6, 6.07) is 5.39. The van der Waals surface area contributed by atoms with Crippen molar-refractivity contribution in [1.82, 2.24) is 9.78 Å². The van der Waals surface area contributed by atoms with Crippen LogP contribution in [-0.2, 0) is 12.4 Å². The summed E-state index contributed by atoms with van der Waals surface area (Å²) < 4.78 is 1.79. The van der Waals surface area contributed by atoms with Gasteiger partial charge in [0.25, 0.3) is 0 Å². The molecule has 0 saturated heterocycles. The first-order chi connectivity index (χ1) is 7.69. The molecule has 0 spiro atoms. The number of halogens is 3. The number of benzene rings is 1. The van der Waals surface area contributed by atoms with Crippen molar-refractivity contribution in [2.75, 3.05) is 0 Å². The topological polar surface area (TPSA) is 17.8 Å². The third kappa shape index (κ3) is 2.70. The van der Waals surface area contributed by atoms with E-state index < -0.39 is 0 Å². The van der Waals surface area contributed by atoms with Crippen molar-refractivity contribution in [3.63, 3.8) is 0 Å². The van der Waals surface area contributed by atoms with Gasteiger partial charge in [0.15, 0.2) is 0 Å². The molecule has 84 valence electrons. The van der Waals surface area contributed by atoms with Gasteiger partial charge in [0.1, 0.15) is 0 Å². The predicted octanol–water partition coefficient (Wildman–Crippen LogP) is 3.98. The van der Waals surface area contributed by atoms with Gasteiger partial charge in [-0.15, -0.1) is 11.6 Å². The Hall–Kier alpha value is -0.700. The molecule has 16 heavy (non-hydrogen) atoms. The van der Waals surface area contributed by atoms with Gasteiger partial charge in [-0.2, -0.15) is 5.10 Å². The molecule has 1 heterocycles. The second-order valence-corrected chi connectivity index (χ2v) is 4.53. The number of hydrogen-bond acceptors (Lipinski definition) is 1. The summed E-state index contributed by atoms with van der Waals surface area (Å²) in [5.74, 6) is 0.462. The van der Waals surface area contributed by atoms with E-state index in [0.717, 1.165) is 11.1 Å². The molecular formula is C11H9Cl3N2. The predicted molar refractivity (Wildman–Crippen MR) is 67.3 cm³/mol. The van der Waals surface area contributed by atoms with Crippen molar-refractivity contribution in [2.45, 2.75) is 12.4 Å². The first-order valence-electron chi connectivity index (χ1n) is 4.70. The highest BCUT2D eigenvalue weighted by Crippen LogP contribution is 2.21. The zero-order chi connectivity index (χ0) is 11.5. The van der Waals surface area contributed by atoms with Crippen LogP contribution in [0.4, 0.5) is 0 Å². The van der Waals surface area contributed by atoms with Crippen LogP contribution >= 0.6 is 34.8 Å². The fourth-order valence-corrected chi connectivity index (χ4v) is 1.91. The van der Waals surface area contributed by atoms with Gasteiger partial charge < -0.3 is 0 Å². The van der Waals surface area contributed by atoms with Gasteiger partial charge in [-0.25, -0.2) is 0 Å². The van der Waals surface area contributed by atoms with Crippen LogP contribution in [0.25, 0.3) is 0 Å². The normalized spacial score (nSPS) is 10.7. The lowest BCUT2D eigenvalue weighted by atomic mass is 10.2. The summed E-state index contributed by atoms with van der Waals surface area (Å²) in [6.45, 7) is 0.594. The number of alkyl halides is 1. The van der Waals surface area contributed by atoms with E-state index in [0.29, 0.717) is 22.5 Å². The lowest BCUT2D eigenvalue weighted by molar-refractivity contribution is 0.686. The molecule has 0 N–H and O–H groups in total. The van der Waals surface area contributed by atoms with E-state index in [-0.39, 0.29) is 0 Å². The number of hydrogen-bond donors (Lipinski definition) is 0. The highest BCUT2D eigenvalue weighted by atomic mass is 35.5. The molecule has 2 aromatic rings. The molecular weight excluding hydrogens is 266 g/mol. The summed E-state index contributed by atoms with van der Waals surface area (Å²) in [4.78, 5) is 0. The molecule has 0 saturated carbocycles. The fraction of sp³-hybridized carbons (Fsp3) is 0.182. The van der Waals surface area contributed by atoms with Crippen LogP contribution in [0.1, 0.15) is 11.1 Å². The van der Waals surface area contributed by atoms with Gasteiger partial charge in [0.2, 0.25) is 0 Å². The molecule has 0 fully saturated rings. The van der Waals surface area contributed by atoms with Crippen LogP contribution in [0.2, 0.25) is 10.0 Å². The van der Waals surface area contributed by atoms with Crippen LogP contribution in [0.3, 0.4) is 0 Å². The van der Waals surface area contributed by atoms with E-state index in [1.807, 2.05) is 12.3 Å². The van der Waals surface area contributed by atoms with Crippen LogP contribution < -0.4 is 0 Å². The number of nitrogens with zero attached hydrogens (tertiary/aromatic N) is 2. The van der Waals surface area contributed by atoms with Crippen LogP contribution in [0, 0.1) is 0 Å². The highest BCUT2D eigenvalue weighted by molar-refractivity contribution is 6.33. The van der Waals surface area contributed by atoms with Gasteiger partial charge in [-0.1, -0.05) is 23.2 Å². The smallest absolute Gasteiger partial charge is 0.0674 e. The molecule has 2 nitrogen and oxygen atoms in total. The third-order valence-corrected chi connectivity index (χ3v) is 3.09. The Labute approximate surface area is 109 Å². The summed E-state index contributed by atoms with van der Waals surface area (Å²) in [5, 5.41) is 5.54. The molecule has 2 rings (SSSR count). The first-order valence-corrected chi connectivity index (χ1v) is 5.99. The molecule has 0 aliphatic carbocycles. The molecule has 0 atom stereocenters. The third-order valence-electron chi connectivity index (χ3n) is 2.18. The molecule has 0 amide bonds. The van der Waals surface area contributed by atoms with Crippen molar-refractivity contribution < 1.29 is 0 Å². The molecule has 5 heteroatoms. The minimum Gasteiger partial charge on any atom is -0.268 e. The maximum absolute atomic E-state index is 6.06. The SMILES string of the molecule is ClCc1cnn(Cc2cc(Cl)ccc2Cl)c1. The molecule has 0 bridgehead atoms. The first kappa shape index (κ1) is 11.8. The molecule has 1 aromatic carbocycles. The number of rotatable bonds is 3. The van der Waals surface area contributed by atoms with E-state index in [4.69, 9.17) is 34.8 Å². The largest absolute Gasteiger partial charge is 0.268 e. The van der Waals surface area contributed by atoms with Crippen molar-refractivity contribution in [3.8, 4) is 0 Å². The van der Waals surface area contributed by atoms with E-state index >= 15 is 0 Å². The van der Waals surface area contributed by atoms with Gasteiger partial charge in [-0.3, -0.25) is 4.68 Å². The summed E-state index contributed by atoms with van der Waals surface area (Å²) in [6.07, 6.45) is 3.63. The lowest BCUT2D eigenvalue weighted by Crippen LogP contribution is -2.00. The Bertz CT molecular complexity index is 494. The summed E-state index contributed by atoms with van der Waals surface area (Å²) >= 11 is 17.7. The molecule has 0 aliphatic heterocycles. The van der Waals surface area contributed by atoms with E-state index in [1.54, 1.807) is 23.0 Å². The van der Waals surface area contributed by atoms with Crippen LogP contribution in [0.5, 0.6) is 0 Å². The lowest BCUT2D eigenvalue weighted by Gasteiger charge is -2.04. The second-order valence-electron chi connectivity index (χ2n) is 3.42. The quantitative estimate of drug-likeness (QED) is 0.775. The van der Waals surface area contributed by atoms with Gasteiger partial charge in [0.05, 0.1) is 18.6 Å². The molecule has 1 aromatic heterocycles. The maximum atomic E-state index is 6.06. The monoisotopic (exact) mass is 274 g/mol. The molecule has 0 radical (unpaired) electrons. The van der Waals surface area contributed by atoms with Crippen molar-refractivity contribution in [3.05, 3.63) is 51.8 Å². The van der Waals surface area contributed by atoms with E-state index in [2.05, 4.69) is 5.10 Å². The molecule has 0 unspecified atom stereocenters. The average molecular weight is 276 g/mol. The standard InChI is InChI=1S/C11H9Cl3N2/c12-4-8-5-15-16(6-8)7-9-3-10(13)1-2-11(9)14/h1-3,5-6H,4,7H2. The van der Waals surface area contributed by atoms with E-state index in [9.17, 15) is 0 Å². The van der Waals surface area contributed by atoms with Crippen LogP contribution in [-0.4, -0.2) is 9.78 Å². The van der Waals surface area contributed by atoms with Gasteiger partial charge in [0, 0.05) is 21.8 Å². The van der Waals surface area contributed by atoms with Crippen LogP contribution in [0.15, 0.2) is 30.6 Å². The zero-order valence-corrected chi connectivity index (χ0v) is 10.6. The summed E-state index contributed by atoms with van der Waals surface area (Å²) in [5.41, 5.74) is 1.93. The Morgan fingerprint density at radius 1 is 1.25 bits per heavy atom. The summed E-state index contributed by atoms with van der Waals surface area (Å²) in [7, 11) is 0. The molecule has 0 aliphatic rings. The fourth-order valence-electron chi connectivity index (χ4n) is 1.40. The maximum Gasteiger partial charge on any atom is 0.0674 e. The number of aromatic nitrogens is 2. The van der Waals surface area contributed by atoms with Crippen molar-refractivity contribution in [2.24, 2.45) is 0 Å². The Morgan fingerprint density at radius 3 is 2.75 bits per heavy atom.